The molecule has 2 unspecified atom stereocenters. The smallest absolute Gasteiger partial charge is 0.338 e. The van der Waals surface area contributed by atoms with E-state index in [4.69, 9.17) is 4.74 Å². The number of rotatable bonds is 6. The summed E-state index contributed by atoms with van der Waals surface area (Å²) in [7, 11) is 0. The number of esters is 2. The van der Waals surface area contributed by atoms with Crippen LogP contribution in [0.3, 0.4) is 0 Å². The largest absolute Gasteiger partial charge is 0.464 e. The van der Waals surface area contributed by atoms with Crippen molar-refractivity contribution in [3.05, 3.63) is 35.4 Å². The van der Waals surface area contributed by atoms with Crippen LogP contribution < -0.4 is 0 Å². The molecule has 0 amide bonds. The van der Waals surface area contributed by atoms with Gasteiger partial charge in [-0.05, 0) is 31.5 Å². The minimum Gasteiger partial charge on any atom is -0.464 e. The summed E-state index contributed by atoms with van der Waals surface area (Å²) in [5, 5.41) is 19.5. The first-order chi connectivity index (χ1) is 9.51. The Hall–Kier alpha value is -1.92. The van der Waals surface area contributed by atoms with Gasteiger partial charge in [0.05, 0.1) is 18.8 Å². The van der Waals surface area contributed by atoms with Crippen LogP contribution >= 0.6 is 0 Å². The standard InChI is InChI=1S/C14H18O6/c1-3-19-13(17)10-7-5-9(6-8-10)11(15)12(16)14(18)20-4-2/h5-8,11-12,15-16H,3-4H2,1-2H3. The van der Waals surface area contributed by atoms with Crippen LogP contribution in [-0.4, -0.2) is 41.5 Å². The molecule has 20 heavy (non-hydrogen) atoms. The van der Waals surface area contributed by atoms with E-state index in [-0.39, 0.29) is 13.2 Å². The second kappa shape index (κ2) is 7.62. The van der Waals surface area contributed by atoms with Gasteiger partial charge in [-0.2, -0.15) is 0 Å². The minimum absolute atomic E-state index is 0.115. The molecule has 1 aromatic rings. The van der Waals surface area contributed by atoms with Crippen molar-refractivity contribution >= 4 is 11.9 Å². The topological polar surface area (TPSA) is 93.1 Å². The van der Waals surface area contributed by atoms with Crippen LogP contribution in [-0.2, 0) is 14.3 Å². The van der Waals surface area contributed by atoms with Crippen LogP contribution in [0.15, 0.2) is 24.3 Å². The number of aliphatic hydroxyl groups excluding tert-OH is 2. The summed E-state index contributed by atoms with van der Waals surface area (Å²) in [6, 6.07) is 5.79. The summed E-state index contributed by atoms with van der Waals surface area (Å²) in [5.41, 5.74) is 0.632. The van der Waals surface area contributed by atoms with E-state index in [0.717, 1.165) is 0 Å². The maximum Gasteiger partial charge on any atom is 0.338 e. The summed E-state index contributed by atoms with van der Waals surface area (Å²) in [5.74, 6) is -1.37. The van der Waals surface area contributed by atoms with E-state index in [1.807, 2.05) is 0 Å². The molecule has 0 aliphatic heterocycles. The van der Waals surface area contributed by atoms with E-state index >= 15 is 0 Å². The van der Waals surface area contributed by atoms with Gasteiger partial charge in [0, 0.05) is 0 Å². The summed E-state index contributed by atoms with van der Waals surface area (Å²) >= 11 is 0. The zero-order chi connectivity index (χ0) is 15.1. The van der Waals surface area contributed by atoms with Crippen molar-refractivity contribution in [2.45, 2.75) is 26.1 Å². The third-order valence-electron chi connectivity index (χ3n) is 2.59. The van der Waals surface area contributed by atoms with Crippen molar-refractivity contribution in [1.82, 2.24) is 0 Å². The van der Waals surface area contributed by atoms with Crippen molar-refractivity contribution < 1.29 is 29.3 Å². The molecule has 2 N–H and O–H groups in total. The molecule has 2 atom stereocenters. The average Bonchev–Trinajstić information content (AvgIpc) is 2.46. The first-order valence-electron chi connectivity index (χ1n) is 6.31. The van der Waals surface area contributed by atoms with Crippen LogP contribution in [0.25, 0.3) is 0 Å². The first-order valence-corrected chi connectivity index (χ1v) is 6.31. The normalized spacial score (nSPS) is 13.4. The SMILES string of the molecule is CCOC(=O)c1ccc(C(O)C(O)C(=O)OCC)cc1. The highest BCUT2D eigenvalue weighted by molar-refractivity contribution is 5.89. The molecule has 0 aromatic heterocycles. The fourth-order valence-electron chi connectivity index (χ4n) is 1.57. The Balaban J connectivity index is 2.77. The number of hydrogen-bond donors (Lipinski definition) is 2. The molecule has 1 rings (SSSR count). The van der Waals surface area contributed by atoms with E-state index in [2.05, 4.69) is 4.74 Å². The summed E-state index contributed by atoms with van der Waals surface area (Å²) in [6.45, 7) is 3.69. The molecular weight excluding hydrogens is 264 g/mol. The molecule has 0 bridgehead atoms. The van der Waals surface area contributed by atoms with Gasteiger partial charge in [-0.1, -0.05) is 12.1 Å². The molecular formula is C14H18O6. The molecule has 6 heteroatoms. The average molecular weight is 282 g/mol. The number of carbonyl (C=O) groups excluding carboxylic acids is 2. The number of aliphatic hydroxyl groups is 2. The van der Waals surface area contributed by atoms with Crippen molar-refractivity contribution in [2.24, 2.45) is 0 Å². The van der Waals surface area contributed by atoms with E-state index in [1.165, 1.54) is 24.3 Å². The van der Waals surface area contributed by atoms with Gasteiger partial charge in [0.1, 0.15) is 6.10 Å². The quantitative estimate of drug-likeness (QED) is 0.750. The third-order valence-corrected chi connectivity index (χ3v) is 2.59. The number of ether oxygens (including phenoxy) is 2. The lowest BCUT2D eigenvalue weighted by Gasteiger charge is -2.16. The molecule has 110 valence electrons. The Bertz CT molecular complexity index is 453. The molecule has 0 saturated carbocycles. The maximum absolute atomic E-state index is 11.4. The Labute approximate surface area is 116 Å². The molecule has 6 nitrogen and oxygen atoms in total. The lowest BCUT2D eigenvalue weighted by molar-refractivity contribution is -0.159. The number of carbonyl (C=O) groups is 2. The fourth-order valence-corrected chi connectivity index (χ4v) is 1.57. The van der Waals surface area contributed by atoms with Gasteiger partial charge in [0.15, 0.2) is 6.10 Å². The van der Waals surface area contributed by atoms with Crippen LogP contribution in [0.1, 0.15) is 35.9 Å². The van der Waals surface area contributed by atoms with Crippen molar-refractivity contribution in [3.63, 3.8) is 0 Å². The van der Waals surface area contributed by atoms with Gasteiger partial charge in [0.25, 0.3) is 0 Å². The second-order valence-electron chi connectivity index (χ2n) is 3.98. The molecule has 0 fully saturated rings. The van der Waals surface area contributed by atoms with Gasteiger partial charge >= 0.3 is 11.9 Å². The van der Waals surface area contributed by atoms with Crippen molar-refractivity contribution in [3.8, 4) is 0 Å². The monoisotopic (exact) mass is 282 g/mol. The van der Waals surface area contributed by atoms with Gasteiger partial charge in [0.2, 0.25) is 0 Å². The number of benzene rings is 1. The van der Waals surface area contributed by atoms with E-state index < -0.39 is 24.1 Å². The fraction of sp³-hybridized carbons (Fsp3) is 0.429. The maximum atomic E-state index is 11.4. The molecule has 0 heterocycles. The molecule has 1 aromatic carbocycles. The highest BCUT2D eigenvalue weighted by Crippen LogP contribution is 2.19. The van der Waals surface area contributed by atoms with Crippen molar-refractivity contribution in [2.75, 3.05) is 13.2 Å². The Kier molecular flexibility index (Phi) is 6.14. The first kappa shape index (κ1) is 16.1. The molecule has 0 spiro atoms. The Morgan fingerprint density at radius 3 is 2.10 bits per heavy atom. The van der Waals surface area contributed by atoms with E-state index in [0.29, 0.717) is 11.1 Å². The summed E-state index contributed by atoms with van der Waals surface area (Å²) in [6.07, 6.45) is -3.08. The lowest BCUT2D eigenvalue weighted by Crippen LogP contribution is -2.29. The van der Waals surface area contributed by atoms with Crippen LogP contribution in [0.5, 0.6) is 0 Å². The highest BCUT2D eigenvalue weighted by Gasteiger charge is 2.26. The Morgan fingerprint density at radius 2 is 1.60 bits per heavy atom. The van der Waals surface area contributed by atoms with Crippen LogP contribution in [0.4, 0.5) is 0 Å². The number of hydrogen-bond acceptors (Lipinski definition) is 6. The van der Waals surface area contributed by atoms with E-state index in [1.54, 1.807) is 13.8 Å². The molecule has 0 saturated heterocycles. The minimum atomic E-state index is -1.66. The van der Waals surface area contributed by atoms with Gasteiger partial charge in [-0.15, -0.1) is 0 Å². The zero-order valence-corrected chi connectivity index (χ0v) is 11.4. The van der Waals surface area contributed by atoms with Crippen molar-refractivity contribution in [1.29, 1.82) is 0 Å². The second-order valence-corrected chi connectivity index (χ2v) is 3.98. The van der Waals surface area contributed by atoms with Gasteiger partial charge < -0.3 is 19.7 Å². The zero-order valence-electron chi connectivity index (χ0n) is 11.4. The van der Waals surface area contributed by atoms with Gasteiger partial charge in [-0.25, -0.2) is 9.59 Å². The van der Waals surface area contributed by atoms with Gasteiger partial charge in [-0.3, -0.25) is 0 Å². The molecule has 0 aliphatic carbocycles. The molecule has 0 radical (unpaired) electrons. The van der Waals surface area contributed by atoms with E-state index in [9.17, 15) is 19.8 Å². The molecule has 0 aliphatic rings. The van der Waals surface area contributed by atoms with Crippen LogP contribution in [0.2, 0.25) is 0 Å². The van der Waals surface area contributed by atoms with Crippen LogP contribution in [0, 0.1) is 0 Å². The summed E-state index contributed by atoms with van der Waals surface area (Å²) < 4.78 is 9.44. The predicted octanol–water partition coefficient (Wildman–Crippen LogP) is 0.821. The lowest BCUT2D eigenvalue weighted by atomic mass is 10.0. The Morgan fingerprint density at radius 1 is 1.05 bits per heavy atom. The third kappa shape index (κ3) is 4.04. The highest BCUT2D eigenvalue weighted by atomic mass is 16.5. The predicted molar refractivity (Wildman–Crippen MR) is 70.0 cm³/mol. The summed E-state index contributed by atoms with van der Waals surface area (Å²) in [4.78, 5) is 22.8.